The zero-order chi connectivity index (χ0) is 13.0. The lowest BCUT2D eigenvalue weighted by Gasteiger charge is -2.29. The van der Waals surface area contributed by atoms with Crippen molar-refractivity contribution in [2.24, 2.45) is 0 Å². The van der Waals surface area contributed by atoms with Crippen molar-refractivity contribution in [3.8, 4) is 10.6 Å². The monoisotopic (exact) mass is 271 g/mol. The first-order valence-electron chi connectivity index (χ1n) is 6.80. The van der Waals surface area contributed by atoms with Gasteiger partial charge in [0.15, 0.2) is 0 Å². The maximum atomic E-state index is 6.07. The van der Waals surface area contributed by atoms with Gasteiger partial charge in [-0.25, -0.2) is 4.98 Å². The van der Waals surface area contributed by atoms with E-state index < -0.39 is 0 Å². The summed E-state index contributed by atoms with van der Waals surface area (Å²) in [5.74, 6) is 0. The Labute approximate surface area is 117 Å². The van der Waals surface area contributed by atoms with Crippen molar-refractivity contribution in [3.63, 3.8) is 0 Å². The lowest BCUT2D eigenvalue weighted by Crippen LogP contribution is -2.33. The van der Waals surface area contributed by atoms with E-state index in [1.54, 1.807) is 0 Å². The summed E-state index contributed by atoms with van der Waals surface area (Å²) in [5, 5.41) is 1.09. The van der Waals surface area contributed by atoms with E-state index in [9.17, 15) is 0 Å². The Bertz CT molecular complexity index is 634. The first-order chi connectivity index (χ1) is 9.24. The van der Waals surface area contributed by atoms with Crippen LogP contribution in [-0.2, 0) is 6.42 Å². The van der Waals surface area contributed by atoms with Crippen molar-refractivity contribution >= 4 is 17.0 Å². The van der Waals surface area contributed by atoms with Crippen LogP contribution in [-0.4, -0.2) is 23.0 Å². The summed E-state index contributed by atoms with van der Waals surface area (Å²) in [6.45, 7) is 0. The number of rotatable bonds is 1. The van der Waals surface area contributed by atoms with E-state index in [0.717, 1.165) is 22.7 Å². The summed E-state index contributed by atoms with van der Waals surface area (Å²) in [4.78, 5) is 8.86. The van der Waals surface area contributed by atoms with Gasteiger partial charge in [-0.15, -0.1) is 11.3 Å². The highest BCUT2D eigenvalue weighted by Crippen LogP contribution is 2.46. The van der Waals surface area contributed by atoms with Gasteiger partial charge < -0.3 is 5.73 Å². The Morgan fingerprint density at radius 2 is 2.16 bits per heavy atom. The Kier molecular flexibility index (Phi) is 2.44. The minimum atomic E-state index is 0.588. The fourth-order valence-corrected chi connectivity index (χ4v) is 4.70. The Morgan fingerprint density at radius 3 is 3.00 bits per heavy atom. The largest absolute Gasteiger partial charge is 0.398 e. The number of thiazole rings is 1. The molecule has 3 heterocycles. The Hall–Kier alpha value is -1.39. The third-order valence-electron chi connectivity index (χ3n) is 4.49. The third kappa shape index (κ3) is 1.63. The lowest BCUT2D eigenvalue weighted by molar-refractivity contribution is 0.226. The number of para-hydroxylation sites is 1. The molecule has 0 amide bonds. The zero-order valence-electron chi connectivity index (χ0n) is 11.0. The number of fused-ring (bicyclic) bond motifs is 4. The van der Waals surface area contributed by atoms with Crippen LogP contribution < -0.4 is 5.73 Å². The van der Waals surface area contributed by atoms with Gasteiger partial charge in [0, 0.05) is 34.6 Å². The van der Waals surface area contributed by atoms with Crippen LogP contribution in [0.4, 0.5) is 5.69 Å². The number of likely N-dealkylation sites (N-methyl/N-ethyl adjacent to an activating group) is 1. The smallest absolute Gasteiger partial charge is 0.126 e. The molecule has 1 fully saturated rings. The van der Waals surface area contributed by atoms with Gasteiger partial charge >= 0.3 is 0 Å². The predicted molar refractivity (Wildman–Crippen MR) is 79.2 cm³/mol. The van der Waals surface area contributed by atoms with Crippen LogP contribution in [0.15, 0.2) is 24.3 Å². The highest BCUT2D eigenvalue weighted by Gasteiger charge is 2.39. The van der Waals surface area contributed by atoms with E-state index in [2.05, 4.69) is 18.0 Å². The molecule has 2 unspecified atom stereocenters. The second-order valence-corrected chi connectivity index (χ2v) is 6.56. The van der Waals surface area contributed by atoms with E-state index in [1.165, 1.54) is 23.4 Å². The van der Waals surface area contributed by atoms with Crippen LogP contribution in [0.2, 0.25) is 0 Å². The third-order valence-corrected chi connectivity index (χ3v) is 5.72. The molecule has 2 aromatic rings. The molecule has 4 rings (SSSR count). The summed E-state index contributed by atoms with van der Waals surface area (Å²) in [5.41, 5.74) is 9.29. The Morgan fingerprint density at radius 1 is 1.32 bits per heavy atom. The molecule has 0 spiro atoms. The number of nitrogen functional groups attached to an aromatic ring is 1. The second kappa shape index (κ2) is 4.05. The van der Waals surface area contributed by atoms with Gasteiger partial charge in [0.05, 0.1) is 5.69 Å². The van der Waals surface area contributed by atoms with Crippen LogP contribution in [0.25, 0.3) is 10.6 Å². The maximum Gasteiger partial charge on any atom is 0.126 e. The minimum Gasteiger partial charge on any atom is -0.398 e. The van der Waals surface area contributed by atoms with Crippen molar-refractivity contribution in [1.82, 2.24) is 9.88 Å². The molecule has 4 heteroatoms. The Balaban J connectivity index is 1.81. The van der Waals surface area contributed by atoms with Crippen LogP contribution in [0.3, 0.4) is 0 Å². The molecule has 2 N–H and O–H groups in total. The molecular weight excluding hydrogens is 254 g/mol. The molecule has 2 atom stereocenters. The second-order valence-electron chi connectivity index (χ2n) is 5.53. The fourth-order valence-electron chi connectivity index (χ4n) is 3.37. The van der Waals surface area contributed by atoms with Gasteiger partial charge in [-0.1, -0.05) is 12.1 Å². The van der Waals surface area contributed by atoms with Crippen molar-refractivity contribution in [3.05, 3.63) is 34.8 Å². The maximum absolute atomic E-state index is 6.07. The number of nitrogens with two attached hydrogens (primary N) is 1. The van der Waals surface area contributed by atoms with Gasteiger partial charge in [-0.05, 0) is 32.0 Å². The quantitative estimate of drug-likeness (QED) is 0.810. The average molecular weight is 271 g/mol. The molecule has 3 nitrogen and oxygen atoms in total. The van der Waals surface area contributed by atoms with Gasteiger partial charge in [0.25, 0.3) is 0 Å². The molecule has 0 radical (unpaired) electrons. The van der Waals surface area contributed by atoms with Crippen LogP contribution in [0.1, 0.15) is 29.5 Å². The van der Waals surface area contributed by atoms with Gasteiger partial charge in [0.1, 0.15) is 5.01 Å². The van der Waals surface area contributed by atoms with E-state index >= 15 is 0 Å². The number of benzene rings is 1. The van der Waals surface area contributed by atoms with E-state index in [1.807, 2.05) is 29.5 Å². The molecule has 19 heavy (non-hydrogen) atoms. The normalized spacial score (nSPS) is 25.5. The molecule has 1 aromatic heterocycles. The van der Waals surface area contributed by atoms with E-state index in [-0.39, 0.29) is 0 Å². The molecule has 98 valence electrons. The molecule has 0 aliphatic carbocycles. The van der Waals surface area contributed by atoms with Crippen LogP contribution >= 0.6 is 11.3 Å². The average Bonchev–Trinajstić information content (AvgIpc) is 2.92. The fraction of sp³-hybridized carbons (Fsp3) is 0.400. The first kappa shape index (κ1) is 11.4. The SMILES string of the molecule is CN1C2CCC1c1sc(-c3ccccc3N)nc1C2. The van der Waals surface area contributed by atoms with Gasteiger partial charge in [0.2, 0.25) is 0 Å². The lowest BCUT2D eigenvalue weighted by atomic mass is 10.1. The van der Waals surface area contributed by atoms with Crippen molar-refractivity contribution in [1.29, 1.82) is 0 Å². The number of nitrogens with zero attached hydrogens (tertiary/aromatic N) is 2. The minimum absolute atomic E-state index is 0.588. The molecule has 2 bridgehead atoms. The molecule has 1 saturated heterocycles. The summed E-state index contributed by atoms with van der Waals surface area (Å²) in [7, 11) is 2.25. The topological polar surface area (TPSA) is 42.1 Å². The zero-order valence-corrected chi connectivity index (χ0v) is 11.8. The van der Waals surface area contributed by atoms with Crippen molar-refractivity contribution < 1.29 is 0 Å². The summed E-state index contributed by atoms with van der Waals surface area (Å²) in [6.07, 6.45) is 3.69. The molecule has 1 aromatic carbocycles. The number of anilines is 1. The highest BCUT2D eigenvalue weighted by molar-refractivity contribution is 7.15. The first-order valence-corrected chi connectivity index (χ1v) is 7.62. The standard InChI is InChI=1S/C15H17N3S/c1-18-9-6-7-13(18)14-12(8-9)17-15(19-14)10-4-2-3-5-11(10)16/h2-5,9,13H,6-8,16H2,1H3. The summed E-state index contributed by atoms with van der Waals surface area (Å²) < 4.78 is 0. The van der Waals surface area contributed by atoms with Gasteiger partial charge in [-0.2, -0.15) is 0 Å². The molecular formula is C15H17N3S. The molecule has 2 aliphatic heterocycles. The number of hydrogen-bond donors (Lipinski definition) is 1. The molecule has 0 saturated carbocycles. The number of hydrogen-bond acceptors (Lipinski definition) is 4. The highest BCUT2D eigenvalue weighted by atomic mass is 32.1. The van der Waals surface area contributed by atoms with Crippen LogP contribution in [0.5, 0.6) is 0 Å². The van der Waals surface area contributed by atoms with Gasteiger partial charge in [-0.3, -0.25) is 4.90 Å². The van der Waals surface area contributed by atoms with E-state index in [0.29, 0.717) is 12.1 Å². The van der Waals surface area contributed by atoms with Crippen molar-refractivity contribution in [2.45, 2.75) is 31.3 Å². The number of aromatic nitrogens is 1. The molecule has 2 aliphatic rings. The van der Waals surface area contributed by atoms with Crippen LogP contribution in [0, 0.1) is 0 Å². The summed E-state index contributed by atoms with van der Waals surface area (Å²) in [6, 6.07) is 9.31. The summed E-state index contributed by atoms with van der Waals surface area (Å²) >= 11 is 1.83. The van der Waals surface area contributed by atoms with E-state index in [4.69, 9.17) is 10.7 Å². The predicted octanol–water partition coefficient (Wildman–Crippen LogP) is 3.08. The van der Waals surface area contributed by atoms with Crippen molar-refractivity contribution in [2.75, 3.05) is 12.8 Å².